The molecule has 1 unspecified atom stereocenters. The van der Waals surface area contributed by atoms with Crippen LogP contribution in [0.3, 0.4) is 0 Å². The third-order valence-electron chi connectivity index (χ3n) is 2.68. The van der Waals surface area contributed by atoms with Crippen molar-refractivity contribution in [2.75, 3.05) is 13.7 Å². The number of hydrogen-bond acceptors (Lipinski definition) is 4. The summed E-state index contributed by atoms with van der Waals surface area (Å²) in [6, 6.07) is 4.07. The number of nitrogens with two attached hydrogens (primary N) is 1. The lowest BCUT2D eigenvalue weighted by Gasteiger charge is -2.16. The van der Waals surface area contributed by atoms with Crippen LogP contribution in [0.4, 0.5) is 0 Å². The van der Waals surface area contributed by atoms with Crippen LogP contribution in [0.25, 0.3) is 0 Å². The van der Waals surface area contributed by atoms with Crippen molar-refractivity contribution in [2.24, 2.45) is 5.73 Å². The number of hydrogen-bond donors (Lipinski definition) is 2. The molecule has 0 radical (unpaired) electrons. The van der Waals surface area contributed by atoms with E-state index in [4.69, 9.17) is 22.1 Å². The first kappa shape index (κ1) is 16.2. The molecular weight excluding hydrogens is 288 g/mol. The maximum absolute atomic E-state index is 12.2. The maximum Gasteiger partial charge on any atom is 0.240 e. The molecule has 0 aliphatic rings. The van der Waals surface area contributed by atoms with Crippen molar-refractivity contribution in [3.8, 4) is 5.75 Å². The lowest BCUT2D eigenvalue weighted by Crippen LogP contribution is -2.39. The van der Waals surface area contributed by atoms with Gasteiger partial charge in [0.1, 0.15) is 5.75 Å². The quantitative estimate of drug-likeness (QED) is 0.804. The molecule has 19 heavy (non-hydrogen) atoms. The molecule has 0 fully saturated rings. The topological polar surface area (TPSA) is 81.4 Å². The molecule has 0 bridgehead atoms. The van der Waals surface area contributed by atoms with Gasteiger partial charge in [-0.3, -0.25) is 0 Å². The first-order chi connectivity index (χ1) is 8.94. The second-order valence-corrected chi connectivity index (χ2v) is 6.26. The first-order valence-electron chi connectivity index (χ1n) is 6.00. The number of rotatable bonds is 7. The average molecular weight is 307 g/mol. The van der Waals surface area contributed by atoms with Crippen molar-refractivity contribution in [2.45, 2.75) is 30.7 Å². The number of halogens is 1. The van der Waals surface area contributed by atoms with E-state index >= 15 is 0 Å². The summed E-state index contributed by atoms with van der Waals surface area (Å²) in [4.78, 5) is 0.104. The SMILES string of the molecule is CCCC(CN)NS(=O)(=O)c1ccc(OC)c(Cl)c1. The predicted octanol–water partition coefficient (Wildman–Crippen LogP) is 1.75. The Morgan fingerprint density at radius 2 is 2.16 bits per heavy atom. The van der Waals surface area contributed by atoms with Gasteiger partial charge >= 0.3 is 0 Å². The van der Waals surface area contributed by atoms with Gasteiger partial charge in [-0.15, -0.1) is 0 Å². The molecule has 108 valence electrons. The van der Waals surface area contributed by atoms with Crippen molar-refractivity contribution in [3.05, 3.63) is 23.2 Å². The minimum absolute atomic E-state index is 0.104. The van der Waals surface area contributed by atoms with Crippen LogP contribution >= 0.6 is 11.6 Å². The normalized spacial score (nSPS) is 13.3. The maximum atomic E-state index is 12.2. The lowest BCUT2D eigenvalue weighted by atomic mass is 10.2. The minimum atomic E-state index is -3.61. The van der Waals surface area contributed by atoms with E-state index in [9.17, 15) is 8.42 Å². The van der Waals surface area contributed by atoms with Crippen LogP contribution in [-0.2, 0) is 10.0 Å². The summed E-state index contributed by atoms with van der Waals surface area (Å²) in [7, 11) is -2.14. The van der Waals surface area contributed by atoms with Gasteiger partial charge in [0, 0.05) is 12.6 Å². The highest BCUT2D eigenvalue weighted by molar-refractivity contribution is 7.89. The molecule has 5 nitrogen and oxygen atoms in total. The molecule has 1 atom stereocenters. The molecule has 1 aromatic rings. The molecule has 0 saturated carbocycles. The molecule has 0 aliphatic heterocycles. The monoisotopic (exact) mass is 306 g/mol. The molecule has 1 aromatic carbocycles. The first-order valence-corrected chi connectivity index (χ1v) is 7.86. The zero-order chi connectivity index (χ0) is 14.5. The fourth-order valence-corrected chi connectivity index (χ4v) is 3.31. The lowest BCUT2D eigenvalue weighted by molar-refractivity contribution is 0.414. The van der Waals surface area contributed by atoms with E-state index in [1.165, 1.54) is 25.3 Å². The standard InChI is InChI=1S/C12H19ClN2O3S/c1-3-4-9(8-14)15-19(16,17)10-5-6-12(18-2)11(13)7-10/h5-7,9,15H,3-4,8,14H2,1-2H3. The van der Waals surface area contributed by atoms with Gasteiger partial charge in [-0.25, -0.2) is 13.1 Å². The fourth-order valence-electron chi connectivity index (χ4n) is 1.68. The summed E-state index contributed by atoms with van der Waals surface area (Å²) in [5.74, 6) is 0.435. The van der Waals surface area contributed by atoms with Gasteiger partial charge in [-0.2, -0.15) is 0 Å². The van der Waals surface area contributed by atoms with Crippen LogP contribution in [0, 0.1) is 0 Å². The second kappa shape index (κ2) is 7.09. The van der Waals surface area contributed by atoms with Gasteiger partial charge in [-0.05, 0) is 24.6 Å². The Morgan fingerprint density at radius 1 is 1.47 bits per heavy atom. The molecule has 0 amide bonds. The van der Waals surface area contributed by atoms with Crippen molar-refractivity contribution >= 4 is 21.6 Å². The van der Waals surface area contributed by atoms with E-state index in [2.05, 4.69) is 4.72 Å². The molecule has 0 aliphatic carbocycles. The fraction of sp³-hybridized carbons (Fsp3) is 0.500. The molecule has 7 heteroatoms. The van der Waals surface area contributed by atoms with E-state index in [-0.39, 0.29) is 22.5 Å². The molecule has 0 saturated heterocycles. The Hall–Kier alpha value is -0.820. The zero-order valence-corrected chi connectivity index (χ0v) is 12.6. The van der Waals surface area contributed by atoms with Gasteiger partial charge < -0.3 is 10.5 Å². The third kappa shape index (κ3) is 4.35. The van der Waals surface area contributed by atoms with Crippen LogP contribution < -0.4 is 15.2 Å². The predicted molar refractivity (Wildman–Crippen MR) is 76.1 cm³/mol. The van der Waals surface area contributed by atoms with Gasteiger partial charge in [-0.1, -0.05) is 24.9 Å². The number of ether oxygens (including phenoxy) is 1. The molecule has 0 heterocycles. The Balaban J connectivity index is 2.96. The summed E-state index contributed by atoms with van der Waals surface area (Å²) < 4.78 is 31.9. The molecule has 0 spiro atoms. The van der Waals surface area contributed by atoms with Gasteiger partial charge in [0.05, 0.1) is 17.0 Å². The summed E-state index contributed by atoms with van der Waals surface area (Å²) in [5.41, 5.74) is 5.55. The highest BCUT2D eigenvalue weighted by atomic mass is 35.5. The average Bonchev–Trinajstić information content (AvgIpc) is 2.37. The Kier molecular flexibility index (Phi) is 6.06. The van der Waals surface area contributed by atoms with E-state index < -0.39 is 10.0 Å². The number of benzene rings is 1. The van der Waals surface area contributed by atoms with E-state index in [0.717, 1.165) is 6.42 Å². The summed E-state index contributed by atoms with van der Waals surface area (Å²) >= 11 is 5.93. The third-order valence-corrected chi connectivity index (χ3v) is 4.49. The smallest absolute Gasteiger partial charge is 0.240 e. The molecule has 3 N–H and O–H groups in total. The van der Waals surface area contributed by atoms with Crippen LogP contribution in [-0.4, -0.2) is 28.1 Å². The van der Waals surface area contributed by atoms with Crippen molar-refractivity contribution in [3.63, 3.8) is 0 Å². The highest BCUT2D eigenvalue weighted by Crippen LogP contribution is 2.26. The van der Waals surface area contributed by atoms with Crippen molar-refractivity contribution in [1.29, 1.82) is 0 Å². The van der Waals surface area contributed by atoms with Gasteiger partial charge in [0.2, 0.25) is 10.0 Å². The second-order valence-electron chi connectivity index (χ2n) is 4.14. The summed E-state index contributed by atoms with van der Waals surface area (Å²) in [6.45, 7) is 2.23. The van der Waals surface area contributed by atoms with E-state index in [1.54, 1.807) is 0 Å². The highest BCUT2D eigenvalue weighted by Gasteiger charge is 2.19. The van der Waals surface area contributed by atoms with Crippen molar-refractivity contribution in [1.82, 2.24) is 4.72 Å². The Labute approximate surface area is 119 Å². The Bertz CT molecular complexity index is 520. The molecular formula is C12H19ClN2O3S. The van der Waals surface area contributed by atoms with Crippen LogP contribution in [0.2, 0.25) is 5.02 Å². The number of methoxy groups -OCH3 is 1. The van der Waals surface area contributed by atoms with Crippen LogP contribution in [0.1, 0.15) is 19.8 Å². The summed E-state index contributed by atoms with van der Waals surface area (Å²) in [5, 5.41) is 0.255. The molecule has 0 aromatic heterocycles. The minimum Gasteiger partial charge on any atom is -0.495 e. The zero-order valence-electron chi connectivity index (χ0n) is 11.0. The van der Waals surface area contributed by atoms with Crippen LogP contribution in [0.15, 0.2) is 23.1 Å². The molecule has 1 rings (SSSR count). The van der Waals surface area contributed by atoms with Gasteiger partial charge in [0.25, 0.3) is 0 Å². The number of sulfonamides is 1. The largest absolute Gasteiger partial charge is 0.495 e. The number of nitrogens with one attached hydrogen (secondary N) is 1. The van der Waals surface area contributed by atoms with Crippen LogP contribution in [0.5, 0.6) is 5.75 Å². The Morgan fingerprint density at radius 3 is 2.63 bits per heavy atom. The summed E-state index contributed by atoms with van der Waals surface area (Å²) in [6.07, 6.45) is 1.55. The van der Waals surface area contributed by atoms with E-state index in [1.807, 2.05) is 6.92 Å². The van der Waals surface area contributed by atoms with Gasteiger partial charge in [0.15, 0.2) is 0 Å². The van der Waals surface area contributed by atoms with E-state index in [0.29, 0.717) is 12.2 Å². The van der Waals surface area contributed by atoms with Crippen molar-refractivity contribution < 1.29 is 13.2 Å².